The summed E-state index contributed by atoms with van der Waals surface area (Å²) < 4.78 is 6.34. The second kappa shape index (κ2) is 11.3. The molecule has 0 fully saturated rings. The third-order valence-corrected chi connectivity index (χ3v) is 7.75. The van der Waals surface area contributed by atoms with Crippen LogP contribution in [-0.2, 0) is 4.31 Å². The molecule has 0 heterocycles. The molecule has 1 nitrogen and oxygen atoms in total. The molecule has 0 unspecified atom stereocenters. The highest BCUT2D eigenvalue weighted by Gasteiger charge is 2.14. The summed E-state index contributed by atoms with van der Waals surface area (Å²) in [6.45, 7) is 9.10. The minimum Gasteiger partial charge on any atom is -0.338 e. The average molecular weight is 250 g/mol. The molecular weight excluding hydrogens is 222 g/mol. The van der Waals surface area contributed by atoms with Crippen LogP contribution in [0.3, 0.4) is 0 Å². The maximum absolute atomic E-state index is 6.34. The normalized spacial score (nSPS) is 11.6. The van der Waals surface area contributed by atoms with Crippen LogP contribution in [0.5, 0.6) is 0 Å². The first-order valence-electron chi connectivity index (χ1n) is 6.46. The second-order valence-corrected chi connectivity index (χ2v) is 8.31. The number of hydrogen-bond donors (Lipinski definition) is 0. The minimum atomic E-state index is -0.0945. The topological polar surface area (TPSA) is 9.23 Å². The molecule has 0 saturated carbocycles. The van der Waals surface area contributed by atoms with E-state index in [1.165, 1.54) is 50.3 Å². The summed E-state index contributed by atoms with van der Waals surface area (Å²) in [5, 5.41) is 0. The first-order valence-corrected chi connectivity index (χ1v) is 9.72. The van der Waals surface area contributed by atoms with Crippen molar-refractivity contribution < 1.29 is 4.31 Å². The van der Waals surface area contributed by atoms with Gasteiger partial charge in [-0.2, -0.15) is 0 Å². The van der Waals surface area contributed by atoms with Crippen molar-refractivity contribution in [3.8, 4) is 0 Å². The van der Waals surface area contributed by atoms with Gasteiger partial charge in [-0.3, -0.25) is 0 Å². The molecule has 0 aliphatic heterocycles. The van der Waals surface area contributed by atoms with E-state index in [-0.39, 0.29) is 16.3 Å². The Morgan fingerprint density at radius 1 is 0.600 bits per heavy atom. The molecule has 0 N–H and O–H groups in total. The van der Waals surface area contributed by atoms with E-state index in [1.807, 2.05) is 0 Å². The van der Waals surface area contributed by atoms with Crippen molar-refractivity contribution in [1.82, 2.24) is 0 Å². The minimum absolute atomic E-state index is 0.0945. The van der Waals surface area contributed by atoms with Gasteiger partial charge in [0.2, 0.25) is 0 Å². The molecular formula is C12H28OP2. The highest BCUT2D eigenvalue weighted by Crippen LogP contribution is 2.54. The van der Waals surface area contributed by atoms with Gasteiger partial charge < -0.3 is 4.31 Å². The first-order chi connectivity index (χ1) is 7.28. The van der Waals surface area contributed by atoms with E-state index < -0.39 is 0 Å². The van der Waals surface area contributed by atoms with Gasteiger partial charge in [0.05, 0.1) is 0 Å². The molecule has 15 heavy (non-hydrogen) atoms. The van der Waals surface area contributed by atoms with Crippen LogP contribution in [0.25, 0.3) is 0 Å². The molecule has 0 saturated heterocycles. The Hall–Kier alpha value is 0.820. The van der Waals surface area contributed by atoms with E-state index in [0.29, 0.717) is 0 Å². The van der Waals surface area contributed by atoms with Gasteiger partial charge in [-0.15, -0.1) is 0 Å². The zero-order chi connectivity index (χ0) is 11.5. The van der Waals surface area contributed by atoms with Crippen molar-refractivity contribution in [2.75, 3.05) is 24.6 Å². The van der Waals surface area contributed by atoms with Gasteiger partial charge in [0.1, 0.15) is 0 Å². The Morgan fingerprint density at radius 2 is 0.867 bits per heavy atom. The highest BCUT2D eigenvalue weighted by molar-refractivity contribution is 7.65. The van der Waals surface area contributed by atoms with Crippen molar-refractivity contribution in [3.05, 3.63) is 0 Å². The summed E-state index contributed by atoms with van der Waals surface area (Å²) in [5.74, 6) is 0. The van der Waals surface area contributed by atoms with Gasteiger partial charge in [0, 0.05) is 16.3 Å². The van der Waals surface area contributed by atoms with Crippen molar-refractivity contribution in [2.45, 2.75) is 53.4 Å². The zero-order valence-electron chi connectivity index (χ0n) is 11.0. The molecule has 0 aromatic heterocycles. The predicted molar refractivity (Wildman–Crippen MR) is 75.6 cm³/mol. The molecule has 0 rings (SSSR count). The SMILES string of the molecule is CCCP(CCC)OP(CCC)CCC. The van der Waals surface area contributed by atoms with Crippen LogP contribution in [0.4, 0.5) is 0 Å². The lowest BCUT2D eigenvalue weighted by molar-refractivity contribution is 0.664. The molecule has 0 bridgehead atoms. The summed E-state index contributed by atoms with van der Waals surface area (Å²) >= 11 is 0. The van der Waals surface area contributed by atoms with E-state index >= 15 is 0 Å². The van der Waals surface area contributed by atoms with Crippen LogP contribution < -0.4 is 0 Å². The molecule has 0 radical (unpaired) electrons. The average Bonchev–Trinajstić information content (AvgIpc) is 2.19. The summed E-state index contributed by atoms with van der Waals surface area (Å²) in [6, 6.07) is 0. The third-order valence-electron chi connectivity index (χ3n) is 2.12. The Morgan fingerprint density at radius 3 is 1.07 bits per heavy atom. The highest BCUT2D eigenvalue weighted by atomic mass is 31.2. The van der Waals surface area contributed by atoms with Crippen LogP contribution in [-0.4, -0.2) is 24.6 Å². The number of rotatable bonds is 10. The van der Waals surface area contributed by atoms with Crippen LogP contribution in [0, 0.1) is 0 Å². The molecule has 0 aliphatic carbocycles. The molecule has 0 spiro atoms. The monoisotopic (exact) mass is 250 g/mol. The first kappa shape index (κ1) is 15.8. The molecule has 0 amide bonds. The smallest absolute Gasteiger partial charge is 0.0340 e. The molecule has 0 aromatic carbocycles. The molecule has 3 heteroatoms. The summed E-state index contributed by atoms with van der Waals surface area (Å²) in [4.78, 5) is 0. The van der Waals surface area contributed by atoms with Gasteiger partial charge in [-0.1, -0.05) is 53.4 Å². The Labute approximate surface area is 99.0 Å². The van der Waals surface area contributed by atoms with Crippen molar-refractivity contribution >= 4 is 16.3 Å². The third kappa shape index (κ3) is 8.61. The van der Waals surface area contributed by atoms with E-state index in [0.717, 1.165) is 0 Å². The van der Waals surface area contributed by atoms with Gasteiger partial charge in [-0.05, 0) is 24.6 Å². The van der Waals surface area contributed by atoms with Crippen molar-refractivity contribution in [1.29, 1.82) is 0 Å². The zero-order valence-corrected chi connectivity index (χ0v) is 12.7. The largest absolute Gasteiger partial charge is 0.338 e. The molecule has 0 aliphatic rings. The van der Waals surface area contributed by atoms with Crippen LogP contribution >= 0.6 is 16.3 Å². The molecule has 0 atom stereocenters. The summed E-state index contributed by atoms with van der Waals surface area (Å²) in [5.41, 5.74) is 0. The Balaban J connectivity index is 3.93. The maximum atomic E-state index is 6.34. The summed E-state index contributed by atoms with van der Waals surface area (Å²) in [6.07, 6.45) is 10.4. The van der Waals surface area contributed by atoms with Crippen LogP contribution in [0.1, 0.15) is 53.4 Å². The van der Waals surface area contributed by atoms with E-state index in [1.54, 1.807) is 0 Å². The van der Waals surface area contributed by atoms with Crippen LogP contribution in [0.2, 0.25) is 0 Å². The van der Waals surface area contributed by atoms with E-state index in [9.17, 15) is 0 Å². The summed E-state index contributed by atoms with van der Waals surface area (Å²) in [7, 11) is -0.189. The maximum Gasteiger partial charge on any atom is 0.0340 e. The fraction of sp³-hybridized carbons (Fsp3) is 1.00. The lowest BCUT2D eigenvalue weighted by Crippen LogP contribution is -1.96. The van der Waals surface area contributed by atoms with Gasteiger partial charge >= 0.3 is 0 Å². The second-order valence-electron chi connectivity index (χ2n) is 3.94. The Kier molecular flexibility index (Phi) is 11.9. The predicted octanol–water partition coefficient (Wildman–Crippen LogP) is 5.44. The number of hydrogen-bond acceptors (Lipinski definition) is 1. The van der Waals surface area contributed by atoms with Gasteiger partial charge in [0.25, 0.3) is 0 Å². The van der Waals surface area contributed by atoms with Crippen molar-refractivity contribution in [2.24, 2.45) is 0 Å². The standard InChI is InChI=1S/C12H28OP2/c1-5-9-14(10-6-2)13-15(11-7-3)12-8-4/h5-12H2,1-4H3. The molecule has 0 aromatic rings. The quantitative estimate of drug-likeness (QED) is 0.469. The van der Waals surface area contributed by atoms with Crippen LogP contribution in [0.15, 0.2) is 0 Å². The fourth-order valence-electron chi connectivity index (χ4n) is 1.55. The lowest BCUT2D eigenvalue weighted by Gasteiger charge is -2.23. The van der Waals surface area contributed by atoms with E-state index in [2.05, 4.69) is 27.7 Å². The molecule has 92 valence electrons. The van der Waals surface area contributed by atoms with Gasteiger partial charge in [-0.25, -0.2) is 0 Å². The fourth-order valence-corrected chi connectivity index (χ4v) is 6.60. The lowest BCUT2D eigenvalue weighted by atomic mass is 10.6. The van der Waals surface area contributed by atoms with Gasteiger partial charge in [0.15, 0.2) is 0 Å². The Bertz CT molecular complexity index is 105. The van der Waals surface area contributed by atoms with E-state index in [4.69, 9.17) is 4.31 Å². The van der Waals surface area contributed by atoms with Crippen molar-refractivity contribution in [3.63, 3.8) is 0 Å².